The number of hydrogen-bond donors (Lipinski definition) is 1. The van der Waals surface area contributed by atoms with Gasteiger partial charge in [-0.2, -0.15) is 22.1 Å². The summed E-state index contributed by atoms with van der Waals surface area (Å²) in [4.78, 5) is 18.8. The molecular weight excluding hydrogens is 534 g/mol. The van der Waals surface area contributed by atoms with Crippen molar-refractivity contribution in [2.24, 2.45) is 0 Å². The normalized spacial score (nSPS) is 11.8. The second kappa shape index (κ2) is 9.81. The first-order chi connectivity index (χ1) is 18.5. The molecule has 0 amide bonds. The summed E-state index contributed by atoms with van der Waals surface area (Å²) in [7, 11) is 1.31. The summed E-state index contributed by atoms with van der Waals surface area (Å²) in [6.45, 7) is 3.88. The second-order valence-electron chi connectivity index (χ2n) is 8.93. The molecule has 5 rings (SSSR count). The Bertz CT molecular complexity index is 1790. The van der Waals surface area contributed by atoms with Gasteiger partial charge in [0.05, 0.1) is 28.8 Å². The van der Waals surface area contributed by atoms with E-state index >= 15 is 0 Å². The van der Waals surface area contributed by atoms with Crippen LogP contribution in [0, 0.1) is 19.7 Å². The molecule has 1 N–H and O–H groups in total. The van der Waals surface area contributed by atoms with E-state index < -0.39 is 23.1 Å². The summed E-state index contributed by atoms with van der Waals surface area (Å²) in [6.07, 6.45) is -1.44. The molecule has 5 aromatic rings. The van der Waals surface area contributed by atoms with Gasteiger partial charge in [-0.15, -0.1) is 11.3 Å². The Morgan fingerprint density at radius 2 is 1.87 bits per heavy atom. The molecule has 3 aromatic heterocycles. The minimum absolute atomic E-state index is 0.00336. The number of aromatic nitrogens is 3. The van der Waals surface area contributed by atoms with Gasteiger partial charge in [0.2, 0.25) is 0 Å². The fourth-order valence-corrected chi connectivity index (χ4v) is 5.37. The number of hydrogen-bond acceptors (Lipinski definition) is 5. The van der Waals surface area contributed by atoms with E-state index in [1.165, 1.54) is 41.0 Å². The topological polar surface area (TPSA) is 67.7 Å². The molecule has 0 unspecified atom stereocenters. The first kappa shape index (κ1) is 26.4. The van der Waals surface area contributed by atoms with E-state index in [9.17, 15) is 27.5 Å². The molecule has 200 valence electrons. The van der Waals surface area contributed by atoms with Gasteiger partial charge in [-0.3, -0.25) is 0 Å². The summed E-state index contributed by atoms with van der Waals surface area (Å²) >= 11 is 1.44. The zero-order valence-corrected chi connectivity index (χ0v) is 21.8. The van der Waals surface area contributed by atoms with Crippen molar-refractivity contribution in [2.75, 3.05) is 7.11 Å². The van der Waals surface area contributed by atoms with E-state index in [-0.39, 0.29) is 40.4 Å². The Morgan fingerprint density at radius 1 is 1.10 bits per heavy atom. The van der Waals surface area contributed by atoms with Crippen LogP contribution in [0.25, 0.3) is 27.9 Å². The first-order valence-corrected chi connectivity index (χ1v) is 12.5. The lowest BCUT2D eigenvalue weighted by Crippen LogP contribution is -2.41. The number of methoxy groups -OCH3 is 1. The molecule has 39 heavy (non-hydrogen) atoms. The Kier molecular flexibility index (Phi) is 6.63. The van der Waals surface area contributed by atoms with Gasteiger partial charge < -0.3 is 9.84 Å². The van der Waals surface area contributed by atoms with Crippen molar-refractivity contribution in [2.45, 2.75) is 26.6 Å². The molecule has 3 heterocycles. The monoisotopic (exact) mass is 556 g/mol. The molecule has 2 aromatic carbocycles. The van der Waals surface area contributed by atoms with Crippen LogP contribution in [0.15, 0.2) is 65.7 Å². The van der Waals surface area contributed by atoms with Gasteiger partial charge in [0.1, 0.15) is 18.1 Å². The fourth-order valence-electron chi connectivity index (χ4n) is 4.59. The predicted molar refractivity (Wildman–Crippen MR) is 139 cm³/mol. The molecule has 0 saturated heterocycles. The first-order valence-electron chi connectivity index (χ1n) is 11.7. The summed E-state index contributed by atoms with van der Waals surface area (Å²) in [5.74, 6) is -1.15. The number of aromatic hydroxyl groups is 1. The number of benzene rings is 2. The van der Waals surface area contributed by atoms with Crippen molar-refractivity contribution in [3.8, 4) is 33.9 Å². The molecular formula is C28H22F4N3O3S+. The maximum Gasteiger partial charge on any atom is 0.416 e. The summed E-state index contributed by atoms with van der Waals surface area (Å²) in [5, 5.41) is 12.3. The van der Waals surface area contributed by atoms with Crippen molar-refractivity contribution in [1.82, 2.24) is 9.38 Å². The molecule has 6 nitrogen and oxygen atoms in total. The van der Waals surface area contributed by atoms with Crippen LogP contribution >= 0.6 is 11.3 Å². The Balaban J connectivity index is 1.78. The molecule has 11 heteroatoms. The zero-order chi connectivity index (χ0) is 28.1. The van der Waals surface area contributed by atoms with Crippen molar-refractivity contribution in [3.05, 3.63) is 98.1 Å². The highest BCUT2D eigenvalue weighted by Crippen LogP contribution is 2.39. The van der Waals surface area contributed by atoms with Crippen LogP contribution in [0.1, 0.15) is 21.0 Å². The number of pyridine rings is 1. The van der Waals surface area contributed by atoms with Crippen LogP contribution in [0.5, 0.6) is 11.6 Å². The van der Waals surface area contributed by atoms with Crippen molar-refractivity contribution < 1.29 is 32.0 Å². The second-order valence-corrected chi connectivity index (χ2v) is 10.2. The van der Waals surface area contributed by atoms with Gasteiger partial charge in [-0.1, -0.05) is 6.07 Å². The molecule has 0 bridgehead atoms. The predicted octanol–water partition coefficient (Wildman–Crippen LogP) is 5.91. The Hall–Kier alpha value is -4.25. The van der Waals surface area contributed by atoms with E-state index in [0.29, 0.717) is 17.8 Å². The van der Waals surface area contributed by atoms with Gasteiger partial charge in [0, 0.05) is 22.9 Å². The third-order valence-corrected chi connectivity index (χ3v) is 7.28. The van der Waals surface area contributed by atoms with E-state index in [1.807, 2.05) is 19.9 Å². The van der Waals surface area contributed by atoms with E-state index in [0.717, 1.165) is 21.5 Å². The van der Waals surface area contributed by atoms with Gasteiger partial charge in [0.25, 0.3) is 11.5 Å². The number of halogens is 4. The van der Waals surface area contributed by atoms with Gasteiger partial charge in [-0.05, 0) is 61.9 Å². The number of alkyl halides is 3. The highest BCUT2D eigenvalue weighted by Gasteiger charge is 2.32. The lowest BCUT2D eigenvalue weighted by atomic mass is 9.97. The average Bonchev–Trinajstić information content (AvgIpc) is 3.30. The molecule has 0 atom stereocenters. The maximum absolute atomic E-state index is 14.9. The number of fused-ring (bicyclic) bond motifs is 1. The van der Waals surface area contributed by atoms with Crippen molar-refractivity contribution in [3.63, 3.8) is 0 Å². The minimum Gasteiger partial charge on any atom is -0.496 e. The van der Waals surface area contributed by atoms with E-state index in [1.54, 1.807) is 23.0 Å². The van der Waals surface area contributed by atoms with Crippen LogP contribution in [-0.2, 0) is 12.7 Å². The number of nitrogens with zero attached hydrogens (tertiary/aromatic N) is 3. The molecule has 0 aliphatic rings. The number of aryl methyl sites for hydroxylation is 2. The van der Waals surface area contributed by atoms with Gasteiger partial charge >= 0.3 is 11.7 Å². The number of thiazole rings is 1. The van der Waals surface area contributed by atoms with Crippen molar-refractivity contribution in [1.29, 1.82) is 0 Å². The maximum atomic E-state index is 14.9. The van der Waals surface area contributed by atoms with E-state index in [4.69, 9.17) is 4.74 Å². The highest BCUT2D eigenvalue weighted by atomic mass is 32.1. The van der Waals surface area contributed by atoms with Gasteiger partial charge in [-0.25, -0.2) is 14.2 Å². The molecule has 0 saturated carbocycles. The van der Waals surface area contributed by atoms with Gasteiger partial charge in [0.15, 0.2) is 5.56 Å². The quantitative estimate of drug-likeness (QED) is 0.216. The molecule has 0 aliphatic carbocycles. The molecule has 0 aliphatic heterocycles. The lowest BCUT2D eigenvalue weighted by molar-refractivity contribution is -0.671. The standard InChI is InChI=1S/C28H21F4N3O3S/c1-15-5-4-10-34-25(15)35(14-19-13-33-16(2)39-19)27(37)24(26(34)36)17-6-9-23(38-3)21(11-17)20-12-18(28(30,31)32)7-8-22(20)29/h4-13H,14H2,1-3H3/p+1. The third kappa shape index (κ3) is 4.74. The van der Waals surface area contributed by atoms with Crippen LogP contribution in [-0.4, -0.2) is 21.6 Å². The number of ether oxygens (including phenoxy) is 1. The molecule has 0 radical (unpaired) electrons. The third-order valence-electron chi connectivity index (χ3n) is 6.38. The smallest absolute Gasteiger partial charge is 0.416 e. The fraction of sp³-hybridized carbons (Fsp3) is 0.179. The summed E-state index contributed by atoms with van der Waals surface area (Å²) in [5.41, 5.74) is -0.668. The summed E-state index contributed by atoms with van der Waals surface area (Å²) in [6, 6.07) is 9.85. The average molecular weight is 557 g/mol. The summed E-state index contributed by atoms with van der Waals surface area (Å²) < 4.78 is 63.4. The van der Waals surface area contributed by atoms with Crippen LogP contribution in [0.2, 0.25) is 0 Å². The lowest BCUT2D eigenvalue weighted by Gasteiger charge is -2.15. The van der Waals surface area contributed by atoms with Crippen LogP contribution in [0.3, 0.4) is 0 Å². The van der Waals surface area contributed by atoms with Crippen LogP contribution < -0.4 is 14.9 Å². The zero-order valence-electron chi connectivity index (χ0n) is 21.0. The Morgan fingerprint density at radius 3 is 2.54 bits per heavy atom. The van der Waals surface area contributed by atoms with Crippen LogP contribution in [0.4, 0.5) is 17.6 Å². The highest BCUT2D eigenvalue weighted by molar-refractivity contribution is 7.11. The Labute approximate surface area is 224 Å². The molecule has 0 spiro atoms. The van der Waals surface area contributed by atoms with Crippen molar-refractivity contribution >= 4 is 17.0 Å². The molecule has 0 fully saturated rings. The SMILES string of the molecule is COc1ccc(-c2c(O)[n+](Cc3cnc(C)s3)c3c(C)cccn3c2=O)cc1-c1cc(C(F)(F)F)ccc1F. The minimum atomic E-state index is -4.69. The largest absolute Gasteiger partial charge is 0.496 e. The number of rotatable bonds is 5. The van der Waals surface area contributed by atoms with E-state index in [2.05, 4.69) is 4.98 Å².